The van der Waals surface area contributed by atoms with Crippen LogP contribution in [0.4, 0.5) is 5.69 Å². The molecule has 2 aromatic rings. The van der Waals surface area contributed by atoms with Gasteiger partial charge in [-0.3, -0.25) is 9.78 Å². The molecule has 1 heterocycles. The van der Waals surface area contributed by atoms with E-state index in [0.29, 0.717) is 0 Å². The number of esters is 1. The Bertz CT molecular complexity index is 669. The number of carbonyl (C=O) groups is 1. The number of nitrogens with zero attached hydrogens (tertiary/aromatic N) is 2. The van der Waals surface area contributed by atoms with Gasteiger partial charge in [0.1, 0.15) is 0 Å². The maximum absolute atomic E-state index is 11.5. The summed E-state index contributed by atoms with van der Waals surface area (Å²) in [6, 6.07) is 9.94. The van der Waals surface area contributed by atoms with Crippen LogP contribution in [0.3, 0.4) is 0 Å². The van der Waals surface area contributed by atoms with Gasteiger partial charge in [0.05, 0.1) is 24.7 Å². The summed E-state index contributed by atoms with van der Waals surface area (Å²) in [6.07, 6.45) is 1.26. The Labute approximate surface area is 144 Å². The van der Waals surface area contributed by atoms with Gasteiger partial charge in [-0.2, -0.15) is 0 Å². The second-order valence-corrected chi connectivity index (χ2v) is 5.74. The lowest BCUT2D eigenvalue weighted by Gasteiger charge is -2.18. The van der Waals surface area contributed by atoms with Crippen molar-refractivity contribution in [2.24, 2.45) is 0 Å². The topological polar surface area (TPSA) is 54.5 Å². The summed E-state index contributed by atoms with van der Waals surface area (Å²) < 4.78 is 4.75. The van der Waals surface area contributed by atoms with Gasteiger partial charge < -0.3 is 15.0 Å². The summed E-state index contributed by atoms with van der Waals surface area (Å²) in [5.74, 6) is -0.273. The molecule has 1 aromatic carbocycles. The third-order valence-corrected chi connectivity index (χ3v) is 4.18. The molecule has 24 heavy (non-hydrogen) atoms. The highest BCUT2D eigenvalue weighted by Crippen LogP contribution is 2.23. The minimum Gasteiger partial charge on any atom is -0.469 e. The number of para-hydroxylation sites is 1. The molecule has 0 unspecified atom stereocenters. The van der Waals surface area contributed by atoms with Gasteiger partial charge in [-0.1, -0.05) is 32.0 Å². The molecule has 0 saturated heterocycles. The predicted molar refractivity (Wildman–Crippen MR) is 98.4 cm³/mol. The smallest absolute Gasteiger partial charge is 0.311 e. The summed E-state index contributed by atoms with van der Waals surface area (Å²) in [7, 11) is 1.40. The number of carbonyl (C=O) groups excluding carboxylic acids is 1. The van der Waals surface area contributed by atoms with E-state index in [2.05, 4.69) is 35.1 Å². The standard InChI is InChI=1S/C19H27N3O2/c1-4-22(5-2)12-8-11-20-18-13-15(14-19(23)24-3)21-17-10-7-6-9-16(17)18/h6-7,9-10,13H,4-5,8,11-12,14H2,1-3H3,(H,20,21). The molecule has 0 aliphatic carbocycles. The lowest BCUT2D eigenvalue weighted by atomic mass is 10.1. The van der Waals surface area contributed by atoms with E-state index in [1.807, 2.05) is 24.3 Å². The van der Waals surface area contributed by atoms with E-state index in [1.54, 1.807) is 0 Å². The van der Waals surface area contributed by atoms with E-state index in [1.165, 1.54) is 7.11 Å². The Hall–Kier alpha value is -2.14. The average molecular weight is 329 g/mol. The number of rotatable bonds is 9. The number of hydrogen-bond donors (Lipinski definition) is 1. The van der Waals surface area contributed by atoms with Gasteiger partial charge in [0.2, 0.25) is 0 Å². The number of aromatic nitrogens is 1. The molecule has 0 fully saturated rings. The van der Waals surface area contributed by atoms with E-state index < -0.39 is 0 Å². The lowest BCUT2D eigenvalue weighted by molar-refractivity contribution is -0.139. The first-order valence-corrected chi connectivity index (χ1v) is 8.59. The van der Waals surface area contributed by atoms with Crippen LogP contribution >= 0.6 is 0 Å². The van der Waals surface area contributed by atoms with Crippen LogP contribution in [-0.2, 0) is 16.0 Å². The first-order chi connectivity index (χ1) is 11.7. The van der Waals surface area contributed by atoms with Crippen LogP contribution in [0, 0.1) is 0 Å². The number of ether oxygens (including phenoxy) is 1. The van der Waals surface area contributed by atoms with Crippen molar-refractivity contribution in [3.05, 3.63) is 36.0 Å². The molecule has 1 aromatic heterocycles. The fraction of sp³-hybridized carbons (Fsp3) is 0.474. The molecular weight excluding hydrogens is 302 g/mol. The number of hydrogen-bond acceptors (Lipinski definition) is 5. The van der Waals surface area contributed by atoms with Crippen molar-refractivity contribution in [1.29, 1.82) is 0 Å². The Morgan fingerprint density at radius 1 is 1.25 bits per heavy atom. The molecular formula is C19H27N3O2. The normalized spacial score (nSPS) is 11.0. The molecule has 0 radical (unpaired) electrons. The van der Waals surface area contributed by atoms with Crippen LogP contribution in [0.15, 0.2) is 30.3 Å². The van der Waals surface area contributed by atoms with Crippen LogP contribution in [-0.4, -0.2) is 49.1 Å². The zero-order valence-electron chi connectivity index (χ0n) is 14.8. The number of pyridine rings is 1. The third-order valence-electron chi connectivity index (χ3n) is 4.18. The molecule has 0 amide bonds. The Kier molecular flexibility index (Phi) is 7.00. The summed E-state index contributed by atoms with van der Waals surface area (Å²) in [4.78, 5) is 18.5. The number of anilines is 1. The highest BCUT2D eigenvalue weighted by molar-refractivity contribution is 5.92. The minimum absolute atomic E-state index is 0.190. The van der Waals surface area contributed by atoms with Crippen LogP contribution < -0.4 is 5.32 Å². The van der Waals surface area contributed by atoms with Crippen LogP contribution in [0.5, 0.6) is 0 Å². The van der Waals surface area contributed by atoms with E-state index in [0.717, 1.165) is 54.9 Å². The molecule has 1 N–H and O–H groups in total. The average Bonchev–Trinajstić information content (AvgIpc) is 2.61. The van der Waals surface area contributed by atoms with Crippen molar-refractivity contribution in [2.75, 3.05) is 38.6 Å². The molecule has 130 valence electrons. The van der Waals surface area contributed by atoms with Gasteiger partial charge >= 0.3 is 5.97 Å². The lowest BCUT2D eigenvalue weighted by Crippen LogP contribution is -2.25. The Morgan fingerprint density at radius 2 is 2.00 bits per heavy atom. The molecule has 0 aliphatic rings. The van der Waals surface area contributed by atoms with Gasteiger partial charge in [0.25, 0.3) is 0 Å². The highest BCUT2D eigenvalue weighted by atomic mass is 16.5. The summed E-state index contributed by atoms with van der Waals surface area (Å²) >= 11 is 0. The van der Waals surface area contributed by atoms with Gasteiger partial charge in [0.15, 0.2) is 0 Å². The molecule has 0 aliphatic heterocycles. The maximum atomic E-state index is 11.5. The zero-order valence-corrected chi connectivity index (χ0v) is 14.8. The molecule has 0 atom stereocenters. The predicted octanol–water partition coefficient (Wildman–Crippen LogP) is 3.09. The SMILES string of the molecule is CCN(CC)CCCNc1cc(CC(=O)OC)nc2ccccc12. The first kappa shape index (κ1) is 18.2. The second-order valence-electron chi connectivity index (χ2n) is 5.74. The van der Waals surface area contributed by atoms with Crippen molar-refractivity contribution in [3.8, 4) is 0 Å². The summed E-state index contributed by atoms with van der Waals surface area (Å²) in [5, 5.41) is 4.58. The van der Waals surface area contributed by atoms with E-state index in [4.69, 9.17) is 4.74 Å². The molecule has 0 saturated carbocycles. The second kappa shape index (κ2) is 9.23. The van der Waals surface area contributed by atoms with Crippen molar-refractivity contribution >= 4 is 22.6 Å². The van der Waals surface area contributed by atoms with E-state index in [-0.39, 0.29) is 12.4 Å². The van der Waals surface area contributed by atoms with Crippen molar-refractivity contribution in [1.82, 2.24) is 9.88 Å². The number of methoxy groups -OCH3 is 1. The van der Waals surface area contributed by atoms with Crippen molar-refractivity contribution in [2.45, 2.75) is 26.7 Å². The number of benzene rings is 1. The van der Waals surface area contributed by atoms with E-state index >= 15 is 0 Å². The summed E-state index contributed by atoms with van der Waals surface area (Å²) in [5.41, 5.74) is 2.65. The molecule has 0 spiro atoms. The minimum atomic E-state index is -0.273. The van der Waals surface area contributed by atoms with Crippen molar-refractivity contribution in [3.63, 3.8) is 0 Å². The Balaban J connectivity index is 2.10. The van der Waals surface area contributed by atoms with Gasteiger partial charge in [-0.15, -0.1) is 0 Å². The van der Waals surface area contributed by atoms with Gasteiger partial charge in [0, 0.05) is 17.6 Å². The largest absolute Gasteiger partial charge is 0.469 e. The number of nitrogens with one attached hydrogen (secondary N) is 1. The fourth-order valence-electron chi connectivity index (χ4n) is 2.75. The zero-order chi connectivity index (χ0) is 17.4. The molecule has 5 nitrogen and oxygen atoms in total. The van der Waals surface area contributed by atoms with Crippen LogP contribution in [0.25, 0.3) is 10.9 Å². The molecule has 2 rings (SSSR count). The Morgan fingerprint density at radius 3 is 2.71 bits per heavy atom. The monoisotopic (exact) mass is 329 g/mol. The summed E-state index contributed by atoms with van der Waals surface area (Å²) in [6.45, 7) is 8.51. The highest BCUT2D eigenvalue weighted by Gasteiger charge is 2.09. The maximum Gasteiger partial charge on any atom is 0.311 e. The van der Waals surface area contributed by atoms with Crippen LogP contribution in [0.1, 0.15) is 26.0 Å². The molecule has 0 bridgehead atoms. The fourth-order valence-corrected chi connectivity index (χ4v) is 2.75. The van der Waals surface area contributed by atoms with Gasteiger partial charge in [-0.05, 0) is 38.2 Å². The quantitative estimate of drug-likeness (QED) is 0.566. The van der Waals surface area contributed by atoms with Crippen molar-refractivity contribution < 1.29 is 9.53 Å². The van der Waals surface area contributed by atoms with E-state index in [9.17, 15) is 4.79 Å². The first-order valence-electron chi connectivity index (χ1n) is 8.59. The number of fused-ring (bicyclic) bond motifs is 1. The molecule has 5 heteroatoms. The van der Waals surface area contributed by atoms with Crippen LogP contribution in [0.2, 0.25) is 0 Å². The third kappa shape index (κ3) is 4.93. The van der Waals surface area contributed by atoms with Gasteiger partial charge in [-0.25, -0.2) is 0 Å².